The van der Waals surface area contributed by atoms with Crippen molar-refractivity contribution in [2.45, 2.75) is 18.9 Å². The van der Waals surface area contributed by atoms with Crippen LogP contribution in [0.4, 0.5) is 0 Å². The molecule has 0 aliphatic carbocycles. The van der Waals surface area contributed by atoms with Gasteiger partial charge in [0.25, 0.3) is 5.91 Å². The molecular weight excluding hydrogens is 238 g/mol. The molecule has 1 unspecified atom stereocenters. The summed E-state index contributed by atoms with van der Waals surface area (Å²) in [5.74, 6) is -1.43. The van der Waals surface area contributed by atoms with Crippen molar-refractivity contribution in [2.24, 2.45) is 0 Å². The van der Waals surface area contributed by atoms with Crippen LogP contribution in [0.15, 0.2) is 23.0 Å². The maximum Gasteiger partial charge on any atom is 0.268 e. The molecule has 0 aromatic carbocycles. The third-order valence-corrected chi connectivity index (χ3v) is 2.56. The van der Waals surface area contributed by atoms with E-state index in [1.807, 2.05) is 0 Å². The number of hydrogen-bond donors (Lipinski definition) is 3. The lowest BCUT2D eigenvalue weighted by Crippen LogP contribution is -2.52. The van der Waals surface area contributed by atoms with Crippen LogP contribution in [-0.4, -0.2) is 28.7 Å². The standard InChI is InChI=1S/C11H11N3O4/c15-8-3-1-2-6(12-8)10(17)13-7-4-5-9(16)14-11(7)18/h1-3,7H,4-5H2,(H,12,15)(H,13,17)(H,14,16,18). The maximum absolute atomic E-state index is 11.7. The van der Waals surface area contributed by atoms with Gasteiger partial charge < -0.3 is 10.3 Å². The quantitative estimate of drug-likeness (QED) is 0.579. The Balaban J connectivity index is 2.06. The van der Waals surface area contributed by atoms with Gasteiger partial charge in [-0.3, -0.25) is 24.5 Å². The molecule has 1 aromatic heterocycles. The smallest absolute Gasteiger partial charge is 0.268 e. The highest BCUT2D eigenvalue weighted by Gasteiger charge is 2.28. The van der Waals surface area contributed by atoms with Gasteiger partial charge in [0.1, 0.15) is 11.7 Å². The molecule has 7 heteroatoms. The van der Waals surface area contributed by atoms with Crippen molar-refractivity contribution in [1.82, 2.24) is 15.6 Å². The van der Waals surface area contributed by atoms with E-state index in [4.69, 9.17) is 0 Å². The average Bonchev–Trinajstić information content (AvgIpc) is 2.32. The lowest BCUT2D eigenvalue weighted by atomic mass is 10.1. The Labute approximate surface area is 102 Å². The minimum Gasteiger partial charge on any atom is -0.339 e. The van der Waals surface area contributed by atoms with E-state index in [9.17, 15) is 19.2 Å². The highest BCUT2D eigenvalue weighted by atomic mass is 16.2. The number of imide groups is 1. The van der Waals surface area contributed by atoms with Crippen LogP contribution >= 0.6 is 0 Å². The van der Waals surface area contributed by atoms with E-state index in [-0.39, 0.29) is 24.4 Å². The molecule has 1 aliphatic heterocycles. The normalized spacial score (nSPS) is 19.2. The van der Waals surface area contributed by atoms with Crippen LogP contribution in [0.2, 0.25) is 0 Å². The van der Waals surface area contributed by atoms with Crippen molar-refractivity contribution in [3.05, 3.63) is 34.2 Å². The van der Waals surface area contributed by atoms with E-state index in [0.717, 1.165) is 0 Å². The van der Waals surface area contributed by atoms with Gasteiger partial charge in [-0.1, -0.05) is 6.07 Å². The van der Waals surface area contributed by atoms with Gasteiger partial charge in [-0.05, 0) is 12.5 Å². The minimum atomic E-state index is -0.751. The molecule has 3 amide bonds. The summed E-state index contributed by atoms with van der Waals surface area (Å²) >= 11 is 0. The molecule has 1 saturated heterocycles. The second-order valence-electron chi connectivity index (χ2n) is 3.91. The highest BCUT2D eigenvalue weighted by molar-refractivity contribution is 6.03. The van der Waals surface area contributed by atoms with Gasteiger partial charge in [0.15, 0.2) is 0 Å². The third-order valence-electron chi connectivity index (χ3n) is 2.56. The molecular formula is C11H11N3O4. The molecule has 1 fully saturated rings. The summed E-state index contributed by atoms with van der Waals surface area (Å²) in [6.07, 6.45) is 0.440. The lowest BCUT2D eigenvalue weighted by molar-refractivity contribution is -0.134. The van der Waals surface area contributed by atoms with Crippen molar-refractivity contribution in [3.63, 3.8) is 0 Å². The number of carbonyl (C=O) groups excluding carboxylic acids is 3. The Morgan fingerprint density at radius 3 is 2.72 bits per heavy atom. The summed E-state index contributed by atoms with van der Waals surface area (Å²) in [6, 6.07) is 3.41. The Morgan fingerprint density at radius 2 is 2.06 bits per heavy atom. The van der Waals surface area contributed by atoms with Crippen LogP contribution in [0.1, 0.15) is 23.3 Å². The van der Waals surface area contributed by atoms with Gasteiger partial charge in [-0.25, -0.2) is 0 Å². The first-order valence-electron chi connectivity index (χ1n) is 5.40. The van der Waals surface area contributed by atoms with Crippen LogP contribution in [0.5, 0.6) is 0 Å². The molecule has 0 radical (unpaired) electrons. The van der Waals surface area contributed by atoms with Crippen LogP contribution in [0.25, 0.3) is 0 Å². The first-order valence-corrected chi connectivity index (χ1v) is 5.40. The number of aromatic amines is 1. The summed E-state index contributed by atoms with van der Waals surface area (Å²) in [5, 5.41) is 4.59. The van der Waals surface area contributed by atoms with Crippen molar-refractivity contribution < 1.29 is 14.4 Å². The topological polar surface area (TPSA) is 108 Å². The molecule has 94 valence electrons. The van der Waals surface area contributed by atoms with Crippen molar-refractivity contribution in [2.75, 3.05) is 0 Å². The number of H-pyrrole nitrogens is 1. The van der Waals surface area contributed by atoms with Gasteiger partial charge >= 0.3 is 0 Å². The molecule has 0 saturated carbocycles. The zero-order chi connectivity index (χ0) is 13.1. The van der Waals surface area contributed by atoms with Gasteiger partial charge in [0, 0.05) is 12.5 Å². The van der Waals surface area contributed by atoms with Crippen molar-refractivity contribution >= 4 is 17.7 Å². The summed E-state index contributed by atoms with van der Waals surface area (Å²) in [4.78, 5) is 47.5. The number of aromatic nitrogens is 1. The van der Waals surface area contributed by atoms with E-state index >= 15 is 0 Å². The molecule has 0 spiro atoms. The fraction of sp³-hybridized carbons (Fsp3) is 0.273. The fourth-order valence-electron chi connectivity index (χ4n) is 1.65. The fourth-order valence-corrected chi connectivity index (χ4v) is 1.65. The van der Waals surface area contributed by atoms with E-state index in [1.165, 1.54) is 18.2 Å². The predicted octanol–water partition coefficient (Wildman–Crippen LogP) is -1.09. The Kier molecular flexibility index (Phi) is 3.22. The zero-order valence-corrected chi connectivity index (χ0v) is 9.36. The second-order valence-corrected chi connectivity index (χ2v) is 3.91. The first kappa shape index (κ1) is 12.0. The largest absolute Gasteiger partial charge is 0.339 e. The Bertz CT molecular complexity index is 563. The SMILES string of the molecule is O=C1CCC(NC(=O)c2cccc(=O)[nH]2)C(=O)N1. The Morgan fingerprint density at radius 1 is 1.28 bits per heavy atom. The van der Waals surface area contributed by atoms with Crippen LogP contribution < -0.4 is 16.2 Å². The van der Waals surface area contributed by atoms with Gasteiger partial charge in [-0.2, -0.15) is 0 Å². The number of hydrogen-bond acceptors (Lipinski definition) is 4. The maximum atomic E-state index is 11.7. The number of piperidine rings is 1. The summed E-state index contributed by atoms with van der Waals surface area (Å²) < 4.78 is 0. The first-order chi connectivity index (χ1) is 8.56. The zero-order valence-electron chi connectivity index (χ0n) is 9.36. The van der Waals surface area contributed by atoms with Crippen LogP contribution in [-0.2, 0) is 9.59 Å². The van der Waals surface area contributed by atoms with Gasteiger partial charge in [0.05, 0.1) is 0 Å². The molecule has 0 bridgehead atoms. The number of rotatable bonds is 2. The number of amides is 3. The molecule has 1 aromatic rings. The van der Waals surface area contributed by atoms with E-state index in [1.54, 1.807) is 0 Å². The number of carbonyl (C=O) groups is 3. The summed E-state index contributed by atoms with van der Waals surface area (Å²) in [5.41, 5.74) is -0.321. The van der Waals surface area contributed by atoms with E-state index in [0.29, 0.717) is 0 Å². The monoisotopic (exact) mass is 249 g/mol. The summed E-state index contributed by atoms with van der Waals surface area (Å²) in [7, 11) is 0. The van der Waals surface area contributed by atoms with Crippen molar-refractivity contribution in [3.8, 4) is 0 Å². The highest BCUT2D eigenvalue weighted by Crippen LogP contribution is 2.05. The van der Waals surface area contributed by atoms with Crippen LogP contribution in [0.3, 0.4) is 0 Å². The van der Waals surface area contributed by atoms with E-state index in [2.05, 4.69) is 15.6 Å². The second kappa shape index (κ2) is 4.82. The van der Waals surface area contributed by atoms with Crippen LogP contribution in [0, 0.1) is 0 Å². The molecule has 1 atom stereocenters. The number of nitrogens with one attached hydrogen (secondary N) is 3. The van der Waals surface area contributed by atoms with Gasteiger partial charge in [0.2, 0.25) is 17.4 Å². The molecule has 2 rings (SSSR count). The van der Waals surface area contributed by atoms with Gasteiger partial charge in [-0.15, -0.1) is 0 Å². The Hall–Kier alpha value is -2.44. The van der Waals surface area contributed by atoms with E-state index < -0.39 is 23.4 Å². The number of pyridine rings is 1. The predicted molar refractivity (Wildman–Crippen MR) is 60.7 cm³/mol. The lowest BCUT2D eigenvalue weighted by Gasteiger charge is -2.21. The molecule has 7 nitrogen and oxygen atoms in total. The molecule has 2 heterocycles. The average molecular weight is 249 g/mol. The third kappa shape index (κ3) is 2.62. The molecule has 1 aliphatic rings. The molecule has 18 heavy (non-hydrogen) atoms. The molecule has 3 N–H and O–H groups in total. The minimum absolute atomic E-state index is 0.0761. The summed E-state index contributed by atoms with van der Waals surface area (Å²) in [6.45, 7) is 0. The van der Waals surface area contributed by atoms with Crippen molar-refractivity contribution in [1.29, 1.82) is 0 Å².